The number of pyridine rings is 1. The standard InChI is InChI=1S/C13H20N2O/c1-11-8-9-15-12(10-11)6-4-2-3-5-7-13(14)16/h8-10H,2-7H2,1H3,(H2,14,16). The van der Waals surface area contributed by atoms with Crippen LogP contribution in [0, 0.1) is 6.92 Å². The summed E-state index contributed by atoms with van der Waals surface area (Å²) in [5, 5.41) is 0. The highest BCUT2D eigenvalue weighted by Gasteiger charge is 1.97. The van der Waals surface area contributed by atoms with E-state index in [1.165, 1.54) is 5.56 Å². The van der Waals surface area contributed by atoms with E-state index >= 15 is 0 Å². The molecule has 1 amide bonds. The van der Waals surface area contributed by atoms with Crippen LogP contribution >= 0.6 is 0 Å². The van der Waals surface area contributed by atoms with Crippen molar-refractivity contribution in [3.05, 3.63) is 29.6 Å². The van der Waals surface area contributed by atoms with Crippen LogP contribution in [0.2, 0.25) is 0 Å². The third kappa shape index (κ3) is 5.49. The van der Waals surface area contributed by atoms with Crippen molar-refractivity contribution >= 4 is 5.91 Å². The van der Waals surface area contributed by atoms with Crippen molar-refractivity contribution in [2.75, 3.05) is 0 Å². The number of hydrogen-bond donors (Lipinski definition) is 1. The molecule has 88 valence electrons. The maximum absolute atomic E-state index is 10.5. The van der Waals surface area contributed by atoms with Gasteiger partial charge in [-0.1, -0.05) is 12.8 Å². The summed E-state index contributed by atoms with van der Waals surface area (Å²) in [7, 11) is 0. The number of aromatic nitrogens is 1. The highest BCUT2D eigenvalue weighted by atomic mass is 16.1. The Balaban J connectivity index is 2.09. The fourth-order valence-corrected chi connectivity index (χ4v) is 1.69. The Morgan fingerprint density at radius 1 is 1.31 bits per heavy atom. The molecular formula is C13H20N2O. The van der Waals surface area contributed by atoms with Crippen molar-refractivity contribution in [3.63, 3.8) is 0 Å². The van der Waals surface area contributed by atoms with E-state index in [1.54, 1.807) is 0 Å². The predicted octanol–water partition coefficient (Wildman–Crippen LogP) is 2.37. The second-order valence-electron chi connectivity index (χ2n) is 4.21. The summed E-state index contributed by atoms with van der Waals surface area (Å²) in [6, 6.07) is 4.14. The molecule has 0 aliphatic rings. The molecule has 1 aromatic rings. The summed E-state index contributed by atoms with van der Waals surface area (Å²) in [5.74, 6) is -0.194. The Kier molecular flexibility index (Phi) is 5.54. The van der Waals surface area contributed by atoms with Crippen molar-refractivity contribution in [2.45, 2.75) is 45.4 Å². The lowest BCUT2D eigenvalue weighted by Crippen LogP contribution is -2.09. The van der Waals surface area contributed by atoms with Gasteiger partial charge < -0.3 is 5.73 Å². The molecule has 0 radical (unpaired) electrons. The van der Waals surface area contributed by atoms with E-state index in [1.807, 2.05) is 12.3 Å². The summed E-state index contributed by atoms with van der Waals surface area (Å²) >= 11 is 0. The average molecular weight is 220 g/mol. The van der Waals surface area contributed by atoms with Crippen molar-refractivity contribution < 1.29 is 4.79 Å². The number of carbonyl (C=O) groups is 1. The fraction of sp³-hybridized carbons (Fsp3) is 0.538. The Morgan fingerprint density at radius 3 is 2.75 bits per heavy atom. The lowest BCUT2D eigenvalue weighted by molar-refractivity contribution is -0.118. The van der Waals surface area contributed by atoms with E-state index in [9.17, 15) is 4.79 Å². The van der Waals surface area contributed by atoms with E-state index in [2.05, 4.69) is 18.0 Å². The molecule has 0 saturated carbocycles. The fourth-order valence-electron chi connectivity index (χ4n) is 1.69. The largest absolute Gasteiger partial charge is 0.370 e. The van der Waals surface area contributed by atoms with Crippen molar-refractivity contribution in [2.24, 2.45) is 5.73 Å². The van der Waals surface area contributed by atoms with Crippen LogP contribution in [0.1, 0.15) is 43.4 Å². The third-order valence-corrected chi connectivity index (χ3v) is 2.58. The molecule has 0 bridgehead atoms. The first-order valence-electron chi connectivity index (χ1n) is 5.88. The molecule has 0 fully saturated rings. The van der Waals surface area contributed by atoms with Gasteiger partial charge in [0.1, 0.15) is 0 Å². The summed E-state index contributed by atoms with van der Waals surface area (Å²) < 4.78 is 0. The number of amides is 1. The second kappa shape index (κ2) is 6.99. The first kappa shape index (κ1) is 12.7. The molecule has 0 atom stereocenters. The van der Waals surface area contributed by atoms with Gasteiger partial charge in [-0.3, -0.25) is 9.78 Å². The summed E-state index contributed by atoms with van der Waals surface area (Å²) in [6.07, 6.45) is 7.67. The first-order chi connectivity index (χ1) is 7.68. The van der Waals surface area contributed by atoms with Gasteiger partial charge in [-0.25, -0.2) is 0 Å². The minimum Gasteiger partial charge on any atom is -0.370 e. The molecule has 1 heterocycles. The van der Waals surface area contributed by atoms with Crippen LogP contribution in [0.15, 0.2) is 18.3 Å². The van der Waals surface area contributed by atoms with E-state index < -0.39 is 0 Å². The molecule has 1 rings (SSSR count). The highest BCUT2D eigenvalue weighted by molar-refractivity contribution is 5.73. The molecule has 16 heavy (non-hydrogen) atoms. The van der Waals surface area contributed by atoms with Gasteiger partial charge in [0.25, 0.3) is 0 Å². The van der Waals surface area contributed by atoms with Gasteiger partial charge in [-0.05, 0) is 43.9 Å². The zero-order valence-electron chi connectivity index (χ0n) is 9.91. The average Bonchev–Trinajstić information content (AvgIpc) is 2.23. The van der Waals surface area contributed by atoms with Gasteiger partial charge in [-0.15, -0.1) is 0 Å². The SMILES string of the molecule is Cc1ccnc(CCCCCCC(N)=O)c1. The van der Waals surface area contributed by atoms with Crippen LogP contribution in [0.4, 0.5) is 0 Å². The van der Waals surface area contributed by atoms with Crippen molar-refractivity contribution in [1.29, 1.82) is 0 Å². The van der Waals surface area contributed by atoms with Crippen LogP contribution in [-0.2, 0) is 11.2 Å². The number of unbranched alkanes of at least 4 members (excludes halogenated alkanes) is 3. The molecule has 0 aliphatic heterocycles. The third-order valence-electron chi connectivity index (χ3n) is 2.58. The molecule has 0 saturated heterocycles. The monoisotopic (exact) mass is 220 g/mol. The summed E-state index contributed by atoms with van der Waals surface area (Å²) in [4.78, 5) is 14.8. The molecule has 0 aromatic carbocycles. The summed E-state index contributed by atoms with van der Waals surface area (Å²) in [6.45, 7) is 2.08. The number of carbonyl (C=O) groups excluding carboxylic acids is 1. The number of aryl methyl sites for hydroxylation is 2. The Morgan fingerprint density at radius 2 is 2.06 bits per heavy atom. The van der Waals surface area contributed by atoms with Crippen LogP contribution < -0.4 is 5.73 Å². The number of nitrogens with two attached hydrogens (primary N) is 1. The molecular weight excluding hydrogens is 200 g/mol. The lowest BCUT2D eigenvalue weighted by atomic mass is 10.1. The van der Waals surface area contributed by atoms with E-state index in [0.29, 0.717) is 6.42 Å². The van der Waals surface area contributed by atoms with Crippen molar-refractivity contribution in [1.82, 2.24) is 4.98 Å². The van der Waals surface area contributed by atoms with Crippen LogP contribution in [0.3, 0.4) is 0 Å². The van der Waals surface area contributed by atoms with Crippen LogP contribution in [-0.4, -0.2) is 10.9 Å². The second-order valence-corrected chi connectivity index (χ2v) is 4.21. The zero-order valence-corrected chi connectivity index (χ0v) is 9.91. The number of primary amides is 1. The van der Waals surface area contributed by atoms with Gasteiger partial charge in [0, 0.05) is 18.3 Å². The van der Waals surface area contributed by atoms with Gasteiger partial charge in [-0.2, -0.15) is 0 Å². The van der Waals surface area contributed by atoms with Crippen LogP contribution in [0.5, 0.6) is 0 Å². The summed E-state index contributed by atoms with van der Waals surface area (Å²) in [5.41, 5.74) is 7.49. The van der Waals surface area contributed by atoms with E-state index in [-0.39, 0.29) is 5.91 Å². The number of rotatable bonds is 7. The molecule has 0 spiro atoms. The first-order valence-corrected chi connectivity index (χ1v) is 5.88. The molecule has 0 unspecified atom stereocenters. The normalized spacial score (nSPS) is 10.3. The smallest absolute Gasteiger partial charge is 0.217 e. The lowest BCUT2D eigenvalue weighted by Gasteiger charge is -2.01. The Labute approximate surface area is 97.1 Å². The Bertz CT molecular complexity index is 336. The topological polar surface area (TPSA) is 56.0 Å². The van der Waals surface area contributed by atoms with Gasteiger partial charge in [0.2, 0.25) is 5.91 Å². The number of hydrogen-bond acceptors (Lipinski definition) is 2. The quantitative estimate of drug-likeness (QED) is 0.717. The molecule has 0 aliphatic carbocycles. The zero-order chi connectivity index (χ0) is 11.8. The molecule has 3 nitrogen and oxygen atoms in total. The van der Waals surface area contributed by atoms with Gasteiger partial charge in [0.15, 0.2) is 0 Å². The van der Waals surface area contributed by atoms with Gasteiger partial charge >= 0.3 is 0 Å². The van der Waals surface area contributed by atoms with Crippen molar-refractivity contribution in [3.8, 4) is 0 Å². The maximum atomic E-state index is 10.5. The maximum Gasteiger partial charge on any atom is 0.217 e. The minimum atomic E-state index is -0.194. The predicted molar refractivity (Wildman–Crippen MR) is 65.0 cm³/mol. The van der Waals surface area contributed by atoms with Crippen LogP contribution in [0.25, 0.3) is 0 Å². The Hall–Kier alpha value is -1.38. The van der Waals surface area contributed by atoms with E-state index in [4.69, 9.17) is 5.73 Å². The molecule has 1 aromatic heterocycles. The van der Waals surface area contributed by atoms with Gasteiger partial charge in [0.05, 0.1) is 0 Å². The molecule has 2 N–H and O–H groups in total. The van der Waals surface area contributed by atoms with E-state index in [0.717, 1.165) is 37.8 Å². The number of nitrogens with zero attached hydrogens (tertiary/aromatic N) is 1. The highest BCUT2D eigenvalue weighted by Crippen LogP contribution is 2.08. The molecule has 3 heteroatoms. The minimum absolute atomic E-state index is 0.194.